The van der Waals surface area contributed by atoms with Gasteiger partial charge in [-0.05, 0) is 35.4 Å². The minimum Gasteiger partial charge on any atom is -0.800 e. The second-order valence-electron chi connectivity index (χ2n) is 5.54. The molecule has 1 aliphatic rings. The molecule has 1 fully saturated rings. The quantitative estimate of drug-likeness (QED) is 0.440. The predicted molar refractivity (Wildman–Crippen MR) is 102 cm³/mol. The predicted octanol–water partition coefficient (Wildman–Crippen LogP) is 2.75. The van der Waals surface area contributed by atoms with Crippen LogP contribution in [-0.2, 0) is 47.6 Å². The standard InChI is InChI=1S/C18H21N3S2.Au/c22-18(23)21-13-11-20(12-14-21)17-5-3-15(4-6-17)1-2-16-7-9-19-10-8-16;/h1-10,18,22-23H,11-14H2;/p-2/b2-1+;. The Morgan fingerprint density at radius 1 is 0.833 bits per heavy atom. The zero-order valence-electron chi connectivity index (χ0n) is 13.1. The third-order valence-electron chi connectivity index (χ3n) is 4.04. The summed E-state index contributed by atoms with van der Waals surface area (Å²) < 4.78 is -0.183. The van der Waals surface area contributed by atoms with Crippen LogP contribution in [0.5, 0.6) is 0 Å². The summed E-state index contributed by atoms with van der Waals surface area (Å²) in [4.78, 5) is 8.59. The summed E-state index contributed by atoms with van der Waals surface area (Å²) in [5, 5.41) is 0. The first-order chi connectivity index (χ1) is 11.2. The van der Waals surface area contributed by atoms with Crippen LogP contribution in [0.4, 0.5) is 5.69 Å². The maximum atomic E-state index is 5.15. The third kappa shape index (κ3) is 5.41. The molecule has 0 atom stereocenters. The molecule has 0 spiro atoms. The van der Waals surface area contributed by atoms with Gasteiger partial charge in [0.2, 0.25) is 0 Å². The molecule has 1 aromatic carbocycles. The summed E-state index contributed by atoms with van der Waals surface area (Å²) >= 11 is 10.3. The van der Waals surface area contributed by atoms with Crippen LogP contribution in [0, 0.1) is 0 Å². The Balaban J connectivity index is 0.00000208. The van der Waals surface area contributed by atoms with Crippen LogP contribution in [0.25, 0.3) is 12.2 Å². The monoisotopic (exact) mass is 538 g/mol. The average Bonchev–Trinajstić information content (AvgIpc) is 2.61. The van der Waals surface area contributed by atoms with E-state index in [0.29, 0.717) is 0 Å². The minimum absolute atomic E-state index is 0. The molecule has 1 aliphatic heterocycles. The van der Waals surface area contributed by atoms with Crippen molar-refractivity contribution < 1.29 is 22.4 Å². The van der Waals surface area contributed by atoms with Crippen molar-refractivity contribution in [2.24, 2.45) is 0 Å². The Morgan fingerprint density at radius 3 is 1.92 bits per heavy atom. The maximum absolute atomic E-state index is 5.15. The van der Waals surface area contributed by atoms with Gasteiger partial charge in [0.1, 0.15) is 0 Å². The molecule has 131 valence electrons. The molecule has 0 unspecified atom stereocenters. The molecule has 1 saturated heterocycles. The number of piperazine rings is 1. The Labute approximate surface area is 170 Å². The number of hydrogen-bond donors (Lipinski definition) is 0. The van der Waals surface area contributed by atoms with Gasteiger partial charge >= 0.3 is 0 Å². The first-order valence-electron chi connectivity index (χ1n) is 7.71. The molecule has 0 bridgehead atoms. The number of aromatic nitrogens is 1. The number of rotatable bonds is 4. The van der Waals surface area contributed by atoms with Gasteiger partial charge in [0.05, 0.1) is 0 Å². The smallest absolute Gasteiger partial charge is 0.0367 e. The Bertz CT molecular complexity index is 639. The maximum Gasteiger partial charge on any atom is 0.0367 e. The van der Waals surface area contributed by atoms with Gasteiger partial charge in [-0.2, -0.15) is 0 Å². The fourth-order valence-electron chi connectivity index (χ4n) is 2.65. The first-order valence-corrected chi connectivity index (χ1v) is 8.65. The Kier molecular flexibility index (Phi) is 7.94. The summed E-state index contributed by atoms with van der Waals surface area (Å²) in [5.74, 6) is 0. The van der Waals surface area contributed by atoms with Crippen molar-refractivity contribution >= 4 is 43.1 Å². The van der Waals surface area contributed by atoms with E-state index in [-0.39, 0.29) is 27.1 Å². The van der Waals surface area contributed by atoms with Crippen LogP contribution in [0.2, 0.25) is 0 Å². The van der Waals surface area contributed by atoms with E-state index in [1.807, 2.05) is 12.1 Å². The summed E-state index contributed by atoms with van der Waals surface area (Å²) in [6, 6.07) is 12.7. The molecule has 1 aromatic heterocycles. The van der Waals surface area contributed by atoms with E-state index in [0.717, 1.165) is 31.7 Å². The molecule has 3 nitrogen and oxygen atoms in total. The van der Waals surface area contributed by atoms with Crippen LogP contribution < -0.4 is 4.90 Å². The van der Waals surface area contributed by atoms with Gasteiger partial charge in [0.15, 0.2) is 0 Å². The van der Waals surface area contributed by atoms with E-state index in [2.05, 4.69) is 51.2 Å². The van der Waals surface area contributed by atoms with Crippen molar-refractivity contribution in [1.82, 2.24) is 9.88 Å². The Hall–Kier alpha value is -0.690. The van der Waals surface area contributed by atoms with E-state index in [1.54, 1.807) is 12.4 Å². The molecule has 2 aromatic rings. The second kappa shape index (κ2) is 9.71. The normalized spacial score (nSPS) is 15.7. The zero-order valence-corrected chi connectivity index (χ0v) is 16.9. The van der Waals surface area contributed by atoms with Crippen LogP contribution >= 0.6 is 0 Å². The molecule has 0 amide bonds. The van der Waals surface area contributed by atoms with Crippen LogP contribution in [0.3, 0.4) is 0 Å². The molecule has 0 aliphatic carbocycles. The molecular weight excluding hydrogens is 519 g/mol. The second-order valence-corrected chi connectivity index (χ2v) is 6.73. The molecule has 2 heterocycles. The van der Waals surface area contributed by atoms with Gasteiger partial charge in [-0.1, -0.05) is 24.3 Å². The summed E-state index contributed by atoms with van der Waals surface area (Å²) in [6.07, 6.45) is 7.83. The van der Waals surface area contributed by atoms with Crippen molar-refractivity contribution in [2.75, 3.05) is 31.1 Å². The molecule has 0 N–H and O–H groups in total. The van der Waals surface area contributed by atoms with Crippen molar-refractivity contribution in [3.05, 3.63) is 59.9 Å². The van der Waals surface area contributed by atoms with Gasteiger partial charge in [-0.3, -0.25) is 4.98 Å². The number of anilines is 1. The number of nitrogens with zero attached hydrogens (tertiary/aromatic N) is 3. The molecule has 3 rings (SSSR count). The largest absolute Gasteiger partial charge is 0.800 e. The average molecular weight is 538 g/mol. The zero-order chi connectivity index (χ0) is 16.1. The fourth-order valence-corrected chi connectivity index (χ4v) is 3.08. The summed E-state index contributed by atoms with van der Waals surface area (Å²) in [5.41, 5.74) is 3.61. The number of hydrogen-bond acceptors (Lipinski definition) is 5. The van der Waals surface area contributed by atoms with Crippen LogP contribution in [-0.4, -0.2) is 40.8 Å². The molecule has 1 radical (unpaired) electrons. The van der Waals surface area contributed by atoms with E-state index >= 15 is 0 Å². The van der Waals surface area contributed by atoms with Gasteiger partial charge < -0.3 is 35.1 Å². The number of pyridine rings is 1. The van der Waals surface area contributed by atoms with Crippen LogP contribution in [0.1, 0.15) is 11.1 Å². The van der Waals surface area contributed by atoms with E-state index < -0.39 is 0 Å². The summed E-state index contributed by atoms with van der Waals surface area (Å²) in [6.45, 7) is 3.86. The van der Waals surface area contributed by atoms with Gasteiger partial charge in [0, 0.05) is 66.6 Å². The van der Waals surface area contributed by atoms with Crippen molar-refractivity contribution in [2.45, 2.75) is 4.71 Å². The van der Waals surface area contributed by atoms with Gasteiger partial charge in [-0.25, -0.2) is 4.71 Å². The first kappa shape index (κ1) is 19.6. The fraction of sp³-hybridized carbons (Fsp3) is 0.278. The molecular formula is C18H19AuN3S2-2. The molecule has 0 saturated carbocycles. The number of benzene rings is 1. The van der Waals surface area contributed by atoms with E-state index in [1.165, 1.54) is 11.3 Å². The SMILES string of the molecule is [Au].[S-]C([S-])N1CCN(c2ccc(/C=C/c3ccncc3)cc2)CC1. The van der Waals surface area contributed by atoms with Gasteiger partial charge in [-0.15, -0.1) is 0 Å². The summed E-state index contributed by atoms with van der Waals surface area (Å²) in [7, 11) is 0. The minimum atomic E-state index is -0.183. The van der Waals surface area contributed by atoms with Gasteiger partial charge in [0.25, 0.3) is 0 Å². The molecule has 24 heavy (non-hydrogen) atoms. The van der Waals surface area contributed by atoms with Crippen molar-refractivity contribution in [1.29, 1.82) is 0 Å². The van der Waals surface area contributed by atoms with Crippen molar-refractivity contribution in [3.63, 3.8) is 0 Å². The Morgan fingerprint density at radius 2 is 1.38 bits per heavy atom. The van der Waals surface area contributed by atoms with Crippen molar-refractivity contribution in [3.8, 4) is 0 Å². The topological polar surface area (TPSA) is 19.4 Å². The van der Waals surface area contributed by atoms with Crippen LogP contribution in [0.15, 0.2) is 48.8 Å². The third-order valence-corrected chi connectivity index (χ3v) is 4.64. The van der Waals surface area contributed by atoms with E-state index in [9.17, 15) is 0 Å². The van der Waals surface area contributed by atoms with E-state index in [4.69, 9.17) is 25.3 Å². The molecule has 6 heteroatoms.